The predicted octanol–water partition coefficient (Wildman–Crippen LogP) is 9.97. The number of phenols is 2. The maximum absolute atomic E-state index is 16.4. The highest BCUT2D eigenvalue weighted by molar-refractivity contribution is 6.05. The van der Waals surface area contributed by atoms with E-state index < -0.39 is 71.7 Å². The Morgan fingerprint density at radius 3 is 2.45 bits per heavy atom. The number of anilines is 1. The van der Waals surface area contributed by atoms with E-state index in [4.69, 9.17) is 4.74 Å². The minimum absolute atomic E-state index is 0.0706. The number of ketones is 2. The van der Waals surface area contributed by atoms with Gasteiger partial charge in [0.15, 0.2) is 17.3 Å². The number of aliphatic hydroxyl groups excluding tert-OH is 3. The fourth-order valence-corrected chi connectivity index (χ4v) is 15.6. The van der Waals surface area contributed by atoms with Crippen molar-refractivity contribution in [2.24, 2.45) is 23.7 Å². The van der Waals surface area contributed by atoms with Crippen LogP contribution in [0.15, 0.2) is 115 Å². The van der Waals surface area contributed by atoms with Gasteiger partial charge in [0.25, 0.3) is 0 Å². The average molecular weight is 1110 g/mol. The van der Waals surface area contributed by atoms with Gasteiger partial charge in [-0.05, 0) is 188 Å². The number of nitrogens with one attached hydrogen (secondary N) is 4. The van der Waals surface area contributed by atoms with Gasteiger partial charge in [-0.1, -0.05) is 78.6 Å². The molecule has 0 spiro atoms. The minimum Gasteiger partial charge on any atom is -0.507 e. The Morgan fingerprint density at radius 1 is 0.771 bits per heavy atom. The monoisotopic (exact) mass is 1110 g/mol. The van der Waals surface area contributed by atoms with Crippen molar-refractivity contribution in [3.8, 4) is 40.2 Å². The lowest BCUT2D eigenvalue weighted by molar-refractivity contribution is -0.135. The highest BCUT2D eigenvalue weighted by Gasteiger charge is 2.48. The number of carbonyl (C=O) groups excluding carboxylic acids is 2. The number of aliphatic hydroxyl groups is 4. The summed E-state index contributed by atoms with van der Waals surface area (Å²) in [6, 6.07) is 24.4. The average Bonchev–Trinajstić information content (AvgIpc) is 3.75. The zero-order valence-corrected chi connectivity index (χ0v) is 46.5. The standard InChI is InChI=1S/C70H72N4O9/c75-29-24-50-62(77)19-13-38-31-56(67(80)63(32-38)83-42-8-2-3-9-42)66(79)54-34-52-45-14-15-47-53(52)33-51(54)43-10-4-1-6-41(43)30-39-12-17-58(73-37-39)49(65(47)78)16-18-59(74-69-48(45)23-28-72-69)55-35-60-46(22-27-71-60)57(64(55)68(50)81)36-70(82)25-20-40-7-5-11-61(76)44(40)21-26-70/h1,4-7,10-11,14-15,21-23,26-28,31-35,39,42,45,47,49-50,57-59,64-66,71-76,78-80,82H,2-3,8-9,12-13,17,19-20,24-25,29-30,36-37H2/t39-,45+,47+,49+,50+,57-,58+,59-,64-,65+,66-,70+/m0/s1. The zero-order valence-electron chi connectivity index (χ0n) is 46.5. The van der Waals surface area contributed by atoms with Crippen molar-refractivity contribution in [2.75, 3.05) is 18.5 Å². The Hall–Kier alpha value is -7.44. The van der Waals surface area contributed by atoms with Crippen LogP contribution in [0.3, 0.4) is 0 Å². The fraction of sp³-hybridized carbons (Fsp3) is 0.400. The largest absolute Gasteiger partial charge is 0.507 e. The zero-order chi connectivity index (χ0) is 56.7. The number of ether oxygens (including phenoxy) is 1. The molecule has 5 aliphatic heterocycles. The lowest BCUT2D eigenvalue weighted by Crippen LogP contribution is -2.48. The first-order valence-corrected chi connectivity index (χ1v) is 30.2. The number of rotatable bonds is 6. The number of H-pyrrole nitrogens is 2. The van der Waals surface area contributed by atoms with Crippen molar-refractivity contribution < 1.29 is 45.0 Å². The maximum atomic E-state index is 16.4. The lowest BCUT2D eigenvalue weighted by atomic mass is 9.65. The van der Waals surface area contributed by atoms with E-state index in [1.807, 2.05) is 42.7 Å². The topological polar surface area (TPSA) is 220 Å². The number of aromatic amines is 2. The molecule has 6 aromatic rings. The van der Waals surface area contributed by atoms with E-state index in [0.29, 0.717) is 47.5 Å². The summed E-state index contributed by atoms with van der Waals surface area (Å²) in [4.78, 5) is 38.7. The van der Waals surface area contributed by atoms with Crippen LogP contribution in [0.4, 0.5) is 5.82 Å². The molecule has 7 heterocycles. The number of piperidine rings is 1. The van der Waals surface area contributed by atoms with Crippen molar-refractivity contribution in [3.63, 3.8) is 0 Å². The smallest absolute Gasteiger partial charge is 0.163 e. The molecule has 5 aliphatic carbocycles. The summed E-state index contributed by atoms with van der Waals surface area (Å²) in [5.74, 6) is 3.02. The SMILES string of the molecule is O=C1CCc2cc(OC3CCCC3)c(O)c(c2)[C@@H](O)c2cc3c4cc2-c2ccccc2C[C@@H]2CC[C@@H](NC2)[C@H]2C#C[C@H](Nc5[nH]ccc5[C@H]3C=C[C@H]4[C@H]2O)C2=Cc3[nH]ccc3[C@H](C[C@]3(O)C=Cc4c(O)cccc4CC3)[C@H]2C(=O)[C@@H]1CCO. The van der Waals surface area contributed by atoms with Gasteiger partial charge < -0.3 is 56.0 Å². The van der Waals surface area contributed by atoms with Gasteiger partial charge in [0.1, 0.15) is 29.5 Å². The molecule has 1 saturated carbocycles. The molecule has 1 saturated heterocycles. The van der Waals surface area contributed by atoms with E-state index in [1.165, 1.54) is 0 Å². The maximum Gasteiger partial charge on any atom is 0.163 e. The number of phenolic OH excluding ortho intramolecular Hbond substituents is 2. The molecule has 13 heteroatoms. The quantitative estimate of drug-likeness (QED) is 0.0430. The molecule has 0 radical (unpaired) electrons. The van der Waals surface area contributed by atoms with E-state index >= 15 is 9.59 Å². The van der Waals surface area contributed by atoms with Crippen LogP contribution in [0, 0.1) is 35.5 Å². The first-order valence-electron chi connectivity index (χ1n) is 30.2. The van der Waals surface area contributed by atoms with Crippen LogP contribution < -0.4 is 15.4 Å². The summed E-state index contributed by atoms with van der Waals surface area (Å²) in [7, 11) is 0. The number of aromatic hydroxyl groups is 2. The molecule has 4 aromatic carbocycles. The van der Waals surface area contributed by atoms with Crippen LogP contribution in [0.5, 0.6) is 17.2 Å². The van der Waals surface area contributed by atoms with Crippen molar-refractivity contribution in [2.45, 2.75) is 137 Å². The molecule has 0 amide bonds. The molecule has 83 heavy (non-hydrogen) atoms. The van der Waals surface area contributed by atoms with E-state index in [9.17, 15) is 30.6 Å². The van der Waals surface area contributed by atoms with Gasteiger partial charge in [0.05, 0.1) is 29.6 Å². The molecule has 12 bridgehead atoms. The van der Waals surface area contributed by atoms with E-state index in [2.05, 4.69) is 74.9 Å². The van der Waals surface area contributed by atoms with Crippen LogP contribution in [-0.2, 0) is 28.9 Å². The number of aryl methyl sites for hydroxylation is 2. The molecule has 10 N–H and O–H groups in total. The first kappa shape index (κ1) is 53.6. The molecule has 2 aromatic heterocycles. The second-order valence-electron chi connectivity index (χ2n) is 24.9. The number of fused-ring (bicyclic) bond motifs is 8. The van der Waals surface area contributed by atoms with E-state index in [0.717, 1.165) is 95.1 Å². The third-order valence-corrected chi connectivity index (χ3v) is 20.0. The summed E-state index contributed by atoms with van der Waals surface area (Å²) in [6.07, 6.45) is 17.6. The molecule has 2 fully saturated rings. The third kappa shape index (κ3) is 9.66. The van der Waals surface area contributed by atoms with Crippen molar-refractivity contribution in [3.05, 3.63) is 176 Å². The van der Waals surface area contributed by atoms with Crippen LogP contribution in [-0.4, -0.2) is 95.2 Å². The van der Waals surface area contributed by atoms with E-state index in [1.54, 1.807) is 36.4 Å². The number of benzene rings is 4. The molecule has 13 nitrogen and oxygen atoms in total. The number of hydrogen-bond donors (Lipinski definition) is 10. The second kappa shape index (κ2) is 21.6. The number of Topliss-reactive ketones (excluding diaryl/α,β-unsaturated/α-hetero) is 2. The third-order valence-electron chi connectivity index (χ3n) is 20.0. The molecule has 12 atom stereocenters. The lowest BCUT2D eigenvalue weighted by Gasteiger charge is -2.40. The number of allylic oxidation sites excluding steroid dienone is 1. The Morgan fingerprint density at radius 2 is 1.60 bits per heavy atom. The Bertz CT molecular complexity index is 3690. The minimum atomic E-state index is -1.48. The molecular weight excluding hydrogens is 1040 g/mol. The summed E-state index contributed by atoms with van der Waals surface area (Å²) in [6.45, 7) is 0.242. The van der Waals surface area contributed by atoms with Gasteiger partial charge >= 0.3 is 0 Å². The predicted molar refractivity (Wildman–Crippen MR) is 318 cm³/mol. The van der Waals surface area contributed by atoms with Crippen molar-refractivity contribution >= 4 is 29.5 Å². The molecule has 426 valence electrons. The van der Waals surface area contributed by atoms with E-state index in [-0.39, 0.29) is 72.3 Å². The summed E-state index contributed by atoms with van der Waals surface area (Å²) in [5.41, 5.74) is 9.10. The highest BCUT2D eigenvalue weighted by Crippen LogP contribution is 2.52. The Labute approximate surface area is 483 Å². The molecular formula is C70H72N4O9. The van der Waals surface area contributed by atoms with Gasteiger partial charge in [-0.3, -0.25) is 9.59 Å². The number of hydrogen-bond acceptors (Lipinski definition) is 11. The van der Waals surface area contributed by atoms with Crippen LogP contribution in [0.1, 0.15) is 149 Å². The van der Waals surface area contributed by atoms with Crippen molar-refractivity contribution in [1.29, 1.82) is 0 Å². The fourth-order valence-electron chi connectivity index (χ4n) is 15.6. The highest BCUT2D eigenvalue weighted by atomic mass is 16.5. The van der Waals surface area contributed by atoms with Crippen LogP contribution >= 0.6 is 0 Å². The van der Waals surface area contributed by atoms with Gasteiger partial charge in [0.2, 0.25) is 0 Å². The normalized spacial score (nSPS) is 29.8. The summed E-state index contributed by atoms with van der Waals surface area (Å²) < 4.78 is 6.65. The Kier molecular flexibility index (Phi) is 14.0. The van der Waals surface area contributed by atoms with Crippen LogP contribution in [0.2, 0.25) is 0 Å². The Balaban J connectivity index is 1.01. The van der Waals surface area contributed by atoms with Crippen LogP contribution in [0.25, 0.3) is 23.3 Å². The van der Waals surface area contributed by atoms with Crippen molar-refractivity contribution in [1.82, 2.24) is 15.3 Å². The number of aromatic nitrogens is 2. The molecule has 0 unspecified atom stereocenters. The van der Waals surface area contributed by atoms with Gasteiger partial charge in [0, 0.05) is 77.5 Å². The van der Waals surface area contributed by atoms with Gasteiger partial charge in [-0.25, -0.2) is 0 Å². The number of carbonyl (C=O) groups is 2. The van der Waals surface area contributed by atoms with Gasteiger partial charge in [-0.2, -0.15) is 0 Å². The summed E-state index contributed by atoms with van der Waals surface area (Å²) in [5, 5.41) is 81.9. The first-order chi connectivity index (χ1) is 40.4. The molecule has 16 rings (SSSR count). The molecule has 10 aliphatic rings. The second-order valence-corrected chi connectivity index (χ2v) is 24.9. The summed E-state index contributed by atoms with van der Waals surface area (Å²) >= 11 is 0. The van der Waals surface area contributed by atoms with Gasteiger partial charge in [-0.15, -0.1) is 0 Å².